The standard InChI is InChI=1S/C8H10O.C7H13NO3.CH4O/c1-9-7-8-5-3-2-4-6-8;1-7(2,3)11-6(10)8-4-5-9;1-2/h2-6H,7H2,1H3;5H,4H2,1-3H3,(H,8,10);2H,1H3. The highest BCUT2D eigenvalue weighted by atomic mass is 16.6. The van der Waals surface area contributed by atoms with E-state index in [9.17, 15) is 9.59 Å². The molecule has 1 aromatic carbocycles. The third-order valence-electron chi connectivity index (χ3n) is 1.88. The van der Waals surface area contributed by atoms with Crippen LogP contribution < -0.4 is 5.32 Å². The molecule has 1 aromatic rings. The second kappa shape index (κ2) is 14.0. The van der Waals surface area contributed by atoms with Gasteiger partial charge in [-0.05, 0) is 26.3 Å². The van der Waals surface area contributed by atoms with Gasteiger partial charge in [-0.3, -0.25) is 0 Å². The zero-order valence-corrected chi connectivity index (χ0v) is 14.0. The summed E-state index contributed by atoms with van der Waals surface area (Å²) < 4.78 is 9.76. The fourth-order valence-electron chi connectivity index (χ4n) is 1.18. The summed E-state index contributed by atoms with van der Waals surface area (Å²) in [5, 5.41) is 9.26. The third-order valence-corrected chi connectivity index (χ3v) is 1.88. The molecule has 0 spiro atoms. The smallest absolute Gasteiger partial charge is 0.408 e. The van der Waals surface area contributed by atoms with E-state index in [0.29, 0.717) is 12.9 Å². The van der Waals surface area contributed by atoms with Crippen LogP contribution in [0.2, 0.25) is 0 Å². The second-order valence-electron chi connectivity index (χ2n) is 4.97. The number of rotatable bonds is 4. The maximum absolute atomic E-state index is 10.7. The van der Waals surface area contributed by atoms with E-state index in [1.807, 2.05) is 30.3 Å². The molecule has 1 amide bonds. The van der Waals surface area contributed by atoms with Gasteiger partial charge in [0.15, 0.2) is 0 Å². The molecule has 0 aliphatic heterocycles. The topological polar surface area (TPSA) is 84.9 Å². The van der Waals surface area contributed by atoms with E-state index < -0.39 is 11.7 Å². The number of hydrogen-bond donors (Lipinski definition) is 2. The Balaban J connectivity index is 0. The summed E-state index contributed by atoms with van der Waals surface area (Å²) in [6.45, 7) is 5.98. The molecule has 0 aliphatic carbocycles. The first-order valence-electron chi connectivity index (χ1n) is 6.77. The molecule has 6 nitrogen and oxygen atoms in total. The number of aldehydes is 1. The lowest BCUT2D eigenvalue weighted by atomic mass is 10.2. The zero-order valence-electron chi connectivity index (χ0n) is 14.0. The van der Waals surface area contributed by atoms with E-state index in [1.54, 1.807) is 27.9 Å². The zero-order chi connectivity index (χ0) is 17.4. The van der Waals surface area contributed by atoms with Gasteiger partial charge < -0.3 is 24.7 Å². The van der Waals surface area contributed by atoms with E-state index in [0.717, 1.165) is 7.11 Å². The van der Waals surface area contributed by atoms with Crippen molar-refractivity contribution in [1.29, 1.82) is 0 Å². The monoisotopic (exact) mass is 313 g/mol. The molecule has 1 rings (SSSR count). The molecule has 0 bridgehead atoms. The van der Waals surface area contributed by atoms with E-state index in [-0.39, 0.29) is 6.54 Å². The SMILES string of the molecule is CC(C)(C)OC(=O)NCC=O.CO.COCc1ccccc1. The second-order valence-corrected chi connectivity index (χ2v) is 4.97. The minimum absolute atomic E-state index is 0.00505. The number of aliphatic hydroxyl groups excluding tert-OH is 1. The minimum Gasteiger partial charge on any atom is -0.444 e. The van der Waals surface area contributed by atoms with Crippen LogP contribution in [0.1, 0.15) is 26.3 Å². The van der Waals surface area contributed by atoms with E-state index >= 15 is 0 Å². The van der Waals surface area contributed by atoms with Gasteiger partial charge in [-0.1, -0.05) is 30.3 Å². The lowest BCUT2D eigenvalue weighted by Gasteiger charge is -2.18. The summed E-state index contributed by atoms with van der Waals surface area (Å²) in [5.74, 6) is 0. The predicted octanol–water partition coefficient (Wildman–Crippen LogP) is 2.15. The number of carbonyl (C=O) groups is 2. The number of amides is 1. The summed E-state index contributed by atoms with van der Waals surface area (Å²) >= 11 is 0. The van der Waals surface area contributed by atoms with Crippen molar-refractivity contribution in [3.05, 3.63) is 35.9 Å². The number of alkyl carbamates (subject to hydrolysis) is 1. The highest BCUT2D eigenvalue weighted by Gasteiger charge is 2.14. The first kappa shape index (κ1) is 22.4. The fourth-order valence-corrected chi connectivity index (χ4v) is 1.18. The van der Waals surface area contributed by atoms with Crippen molar-refractivity contribution >= 4 is 12.4 Å². The Labute approximate surface area is 132 Å². The van der Waals surface area contributed by atoms with Crippen LogP contribution in [0, 0.1) is 0 Å². The molecule has 0 saturated carbocycles. The van der Waals surface area contributed by atoms with Gasteiger partial charge in [0.25, 0.3) is 0 Å². The average Bonchev–Trinajstić information content (AvgIpc) is 2.48. The molecule has 0 fully saturated rings. The number of carbonyl (C=O) groups excluding carboxylic acids is 2. The van der Waals surface area contributed by atoms with Crippen LogP contribution in [-0.2, 0) is 20.9 Å². The van der Waals surface area contributed by atoms with Gasteiger partial charge in [-0.15, -0.1) is 0 Å². The van der Waals surface area contributed by atoms with Gasteiger partial charge in [-0.2, -0.15) is 0 Å². The van der Waals surface area contributed by atoms with Crippen LogP contribution in [0.3, 0.4) is 0 Å². The fraction of sp³-hybridized carbons (Fsp3) is 0.500. The Hall–Kier alpha value is -1.92. The molecular weight excluding hydrogens is 286 g/mol. The Morgan fingerprint density at radius 2 is 1.77 bits per heavy atom. The number of benzene rings is 1. The first-order valence-corrected chi connectivity index (χ1v) is 6.77. The van der Waals surface area contributed by atoms with Crippen LogP contribution in [-0.4, -0.2) is 43.9 Å². The van der Waals surface area contributed by atoms with Gasteiger partial charge in [0.2, 0.25) is 0 Å². The lowest BCUT2D eigenvalue weighted by Crippen LogP contribution is -2.33. The van der Waals surface area contributed by atoms with Gasteiger partial charge >= 0.3 is 6.09 Å². The molecule has 2 N–H and O–H groups in total. The summed E-state index contributed by atoms with van der Waals surface area (Å²) in [4.78, 5) is 20.5. The number of aliphatic hydroxyl groups is 1. The number of hydrogen-bond acceptors (Lipinski definition) is 5. The lowest BCUT2D eigenvalue weighted by molar-refractivity contribution is -0.107. The Bertz CT molecular complexity index is 387. The van der Waals surface area contributed by atoms with Crippen LogP contribution in [0.15, 0.2) is 30.3 Å². The van der Waals surface area contributed by atoms with Crippen LogP contribution in [0.4, 0.5) is 4.79 Å². The van der Waals surface area contributed by atoms with Crippen molar-refractivity contribution < 1.29 is 24.2 Å². The van der Waals surface area contributed by atoms with Crippen LogP contribution in [0.25, 0.3) is 0 Å². The van der Waals surface area contributed by atoms with Crippen molar-refractivity contribution in [3.63, 3.8) is 0 Å². The van der Waals surface area contributed by atoms with Crippen molar-refractivity contribution in [2.75, 3.05) is 20.8 Å². The molecule has 0 atom stereocenters. The Morgan fingerprint density at radius 1 is 1.23 bits per heavy atom. The molecule has 0 unspecified atom stereocenters. The number of nitrogens with one attached hydrogen (secondary N) is 1. The van der Waals surface area contributed by atoms with Gasteiger partial charge in [0.1, 0.15) is 11.9 Å². The molecule has 0 heterocycles. The van der Waals surface area contributed by atoms with E-state index in [1.165, 1.54) is 5.56 Å². The highest BCUT2D eigenvalue weighted by Crippen LogP contribution is 2.05. The molecule has 0 radical (unpaired) electrons. The summed E-state index contributed by atoms with van der Waals surface area (Å²) in [5.41, 5.74) is 0.715. The molecule has 6 heteroatoms. The maximum atomic E-state index is 10.7. The van der Waals surface area contributed by atoms with Crippen molar-refractivity contribution in [1.82, 2.24) is 5.32 Å². The summed E-state index contributed by atoms with van der Waals surface area (Å²) in [7, 11) is 2.70. The largest absolute Gasteiger partial charge is 0.444 e. The van der Waals surface area contributed by atoms with Crippen LogP contribution in [0.5, 0.6) is 0 Å². The van der Waals surface area contributed by atoms with Gasteiger partial charge in [-0.25, -0.2) is 4.79 Å². The summed E-state index contributed by atoms with van der Waals surface area (Å²) in [6, 6.07) is 10.1. The molecule has 22 heavy (non-hydrogen) atoms. The van der Waals surface area contributed by atoms with Gasteiger partial charge in [0.05, 0.1) is 13.2 Å². The normalized spacial score (nSPS) is 9.36. The molecule has 126 valence electrons. The summed E-state index contributed by atoms with van der Waals surface area (Å²) in [6.07, 6.45) is 0.0359. The Kier molecular flexibility index (Phi) is 14.3. The molecule has 0 saturated heterocycles. The number of methoxy groups -OCH3 is 1. The predicted molar refractivity (Wildman–Crippen MR) is 85.6 cm³/mol. The maximum Gasteiger partial charge on any atom is 0.408 e. The molecular formula is C16H27NO5. The highest BCUT2D eigenvalue weighted by molar-refractivity contribution is 5.71. The van der Waals surface area contributed by atoms with Crippen molar-refractivity contribution in [2.24, 2.45) is 0 Å². The quantitative estimate of drug-likeness (QED) is 0.832. The first-order chi connectivity index (χ1) is 10.4. The van der Waals surface area contributed by atoms with Crippen molar-refractivity contribution in [3.8, 4) is 0 Å². The average molecular weight is 313 g/mol. The number of ether oxygens (including phenoxy) is 2. The van der Waals surface area contributed by atoms with Crippen molar-refractivity contribution in [2.45, 2.75) is 33.0 Å². The van der Waals surface area contributed by atoms with Crippen LogP contribution >= 0.6 is 0 Å². The van der Waals surface area contributed by atoms with E-state index in [2.05, 4.69) is 5.32 Å². The minimum atomic E-state index is -0.565. The van der Waals surface area contributed by atoms with E-state index in [4.69, 9.17) is 14.6 Å². The Morgan fingerprint density at radius 3 is 2.18 bits per heavy atom. The molecule has 0 aliphatic rings. The molecule has 0 aromatic heterocycles. The third kappa shape index (κ3) is 16.1. The van der Waals surface area contributed by atoms with Gasteiger partial charge in [0, 0.05) is 14.2 Å².